The number of anilines is 1. The number of benzene rings is 1. The van der Waals surface area contributed by atoms with Gasteiger partial charge in [0.05, 0.1) is 18.8 Å². The highest BCUT2D eigenvalue weighted by Gasteiger charge is 2.18. The van der Waals surface area contributed by atoms with Crippen LogP contribution < -0.4 is 10.6 Å². The zero-order valence-electron chi connectivity index (χ0n) is 14.6. The summed E-state index contributed by atoms with van der Waals surface area (Å²) in [6, 6.07) is 7.68. The number of hydrogen-bond acceptors (Lipinski definition) is 4. The number of para-hydroxylation sites is 1. The van der Waals surface area contributed by atoms with E-state index in [1.165, 1.54) is 0 Å². The second-order valence-electron chi connectivity index (χ2n) is 6.35. The summed E-state index contributed by atoms with van der Waals surface area (Å²) in [7, 11) is 0. The number of likely N-dealkylation sites (N-methyl/N-ethyl adjacent to an activating group) is 1. The van der Waals surface area contributed by atoms with Gasteiger partial charge in [-0.3, -0.25) is 14.5 Å². The van der Waals surface area contributed by atoms with Gasteiger partial charge in [-0.05, 0) is 45.7 Å². The summed E-state index contributed by atoms with van der Waals surface area (Å²) in [5.41, 5.74) is 0.538. The third-order valence-electron chi connectivity index (χ3n) is 3.08. The number of thioether (sulfide) groups is 1. The monoisotopic (exact) mass is 337 g/mol. The maximum absolute atomic E-state index is 12.2. The summed E-state index contributed by atoms with van der Waals surface area (Å²) in [6.45, 7) is 8.79. The number of carbonyl (C=O) groups is 2. The standard InChI is InChI=1S/C17H27N3O2S/c1-6-20(12-16(22)19-17(2,3)4)11-15(21)18-13-9-7-8-10-14(13)23-5/h7-10H,6,11-12H2,1-5H3,(H,18,21)(H,19,22). The van der Waals surface area contributed by atoms with Crippen LogP contribution in [0.5, 0.6) is 0 Å². The van der Waals surface area contributed by atoms with E-state index in [-0.39, 0.29) is 30.4 Å². The van der Waals surface area contributed by atoms with E-state index in [2.05, 4.69) is 10.6 Å². The molecule has 0 unspecified atom stereocenters. The molecule has 1 aromatic rings. The van der Waals surface area contributed by atoms with Gasteiger partial charge in [-0.2, -0.15) is 0 Å². The molecule has 128 valence electrons. The van der Waals surface area contributed by atoms with E-state index in [1.54, 1.807) is 11.8 Å². The fourth-order valence-corrected chi connectivity index (χ4v) is 2.63. The lowest BCUT2D eigenvalue weighted by Crippen LogP contribution is -2.47. The second kappa shape index (κ2) is 8.93. The Morgan fingerprint density at radius 3 is 2.30 bits per heavy atom. The van der Waals surface area contributed by atoms with Gasteiger partial charge >= 0.3 is 0 Å². The van der Waals surface area contributed by atoms with E-state index in [0.717, 1.165) is 10.6 Å². The molecule has 0 saturated carbocycles. The highest BCUT2D eigenvalue weighted by Crippen LogP contribution is 2.24. The van der Waals surface area contributed by atoms with Crippen molar-refractivity contribution in [3.63, 3.8) is 0 Å². The Morgan fingerprint density at radius 1 is 1.13 bits per heavy atom. The third kappa shape index (κ3) is 7.52. The molecule has 1 rings (SSSR count). The van der Waals surface area contributed by atoms with Crippen molar-refractivity contribution in [1.29, 1.82) is 0 Å². The summed E-state index contributed by atoms with van der Waals surface area (Å²) in [5, 5.41) is 5.82. The molecule has 0 radical (unpaired) electrons. The predicted octanol–water partition coefficient (Wildman–Crippen LogP) is 2.58. The number of nitrogens with zero attached hydrogens (tertiary/aromatic N) is 1. The summed E-state index contributed by atoms with van der Waals surface area (Å²) in [4.78, 5) is 27.0. The van der Waals surface area contributed by atoms with Gasteiger partial charge in [0.2, 0.25) is 11.8 Å². The second-order valence-corrected chi connectivity index (χ2v) is 7.20. The maximum atomic E-state index is 12.2. The lowest BCUT2D eigenvalue weighted by molar-refractivity contribution is -0.124. The number of rotatable bonds is 7. The van der Waals surface area contributed by atoms with Gasteiger partial charge in [0, 0.05) is 10.4 Å². The van der Waals surface area contributed by atoms with Gasteiger partial charge in [0.15, 0.2) is 0 Å². The fourth-order valence-electron chi connectivity index (χ4n) is 2.08. The molecule has 6 heteroatoms. The number of carbonyl (C=O) groups excluding carboxylic acids is 2. The molecular formula is C17H27N3O2S. The Labute approximate surface area is 143 Å². The van der Waals surface area contributed by atoms with Crippen LogP contribution in [0.4, 0.5) is 5.69 Å². The molecule has 23 heavy (non-hydrogen) atoms. The summed E-state index contributed by atoms with van der Waals surface area (Å²) < 4.78 is 0. The zero-order valence-corrected chi connectivity index (χ0v) is 15.4. The lowest BCUT2D eigenvalue weighted by Gasteiger charge is -2.24. The van der Waals surface area contributed by atoms with E-state index in [0.29, 0.717) is 6.54 Å². The van der Waals surface area contributed by atoms with Gasteiger partial charge in [-0.25, -0.2) is 0 Å². The Balaban J connectivity index is 2.58. The van der Waals surface area contributed by atoms with E-state index >= 15 is 0 Å². The van der Waals surface area contributed by atoms with Crippen molar-refractivity contribution < 1.29 is 9.59 Å². The summed E-state index contributed by atoms with van der Waals surface area (Å²) in [5.74, 6) is -0.187. The first-order chi connectivity index (χ1) is 10.7. The minimum atomic E-state index is -0.268. The fraction of sp³-hybridized carbons (Fsp3) is 0.529. The van der Waals surface area contributed by atoms with E-state index in [4.69, 9.17) is 0 Å². The van der Waals surface area contributed by atoms with Gasteiger partial charge in [-0.1, -0.05) is 19.1 Å². The van der Waals surface area contributed by atoms with Gasteiger partial charge in [0.1, 0.15) is 0 Å². The van der Waals surface area contributed by atoms with Crippen molar-refractivity contribution in [3.8, 4) is 0 Å². The Bertz CT molecular complexity index is 541. The molecule has 5 nitrogen and oxygen atoms in total. The van der Waals surface area contributed by atoms with Crippen LogP contribution in [-0.4, -0.2) is 48.1 Å². The summed E-state index contributed by atoms with van der Waals surface area (Å²) in [6.07, 6.45) is 1.97. The molecule has 2 amide bonds. The van der Waals surface area contributed by atoms with Crippen LogP contribution in [-0.2, 0) is 9.59 Å². The SMILES string of the molecule is CCN(CC(=O)Nc1ccccc1SC)CC(=O)NC(C)(C)C. The van der Waals surface area contributed by atoms with E-state index in [1.807, 2.05) is 63.1 Å². The largest absolute Gasteiger partial charge is 0.350 e. The van der Waals surface area contributed by atoms with Crippen LogP contribution in [0.2, 0.25) is 0 Å². The van der Waals surface area contributed by atoms with Gasteiger partial charge in [-0.15, -0.1) is 11.8 Å². The van der Waals surface area contributed by atoms with Crippen LogP contribution >= 0.6 is 11.8 Å². The Kier molecular flexibility index (Phi) is 7.58. The van der Waals surface area contributed by atoms with Gasteiger partial charge < -0.3 is 10.6 Å². The highest BCUT2D eigenvalue weighted by atomic mass is 32.2. The third-order valence-corrected chi connectivity index (χ3v) is 3.87. The first kappa shape index (κ1) is 19.5. The van der Waals surface area contributed by atoms with Crippen LogP contribution in [0.1, 0.15) is 27.7 Å². The van der Waals surface area contributed by atoms with Crippen LogP contribution in [0.3, 0.4) is 0 Å². The van der Waals surface area contributed by atoms with Crippen molar-refractivity contribution in [3.05, 3.63) is 24.3 Å². The van der Waals surface area contributed by atoms with Crippen molar-refractivity contribution in [1.82, 2.24) is 10.2 Å². The average Bonchev–Trinajstić information content (AvgIpc) is 2.45. The van der Waals surface area contributed by atoms with Crippen molar-refractivity contribution >= 4 is 29.3 Å². The molecule has 0 fully saturated rings. The topological polar surface area (TPSA) is 61.4 Å². The minimum Gasteiger partial charge on any atom is -0.350 e. The van der Waals surface area contributed by atoms with E-state index in [9.17, 15) is 9.59 Å². The molecule has 0 bridgehead atoms. The average molecular weight is 337 g/mol. The molecule has 0 heterocycles. The van der Waals surface area contributed by atoms with Gasteiger partial charge in [0.25, 0.3) is 0 Å². The molecule has 1 aromatic carbocycles. The molecule has 0 aliphatic carbocycles. The van der Waals surface area contributed by atoms with E-state index < -0.39 is 0 Å². The first-order valence-electron chi connectivity index (χ1n) is 7.71. The normalized spacial score (nSPS) is 11.4. The van der Waals surface area contributed by atoms with Crippen molar-refractivity contribution in [2.75, 3.05) is 31.2 Å². The first-order valence-corrected chi connectivity index (χ1v) is 8.94. The van der Waals surface area contributed by atoms with Crippen LogP contribution in [0.25, 0.3) is 0 Å². The molecule has 2 N–H and O–H groups in total. The van der Waals surface area contributed by atoms with Crippen molar-refractivity contribution in [2.45, 2.75) is 38.1 Å². The quantitative estimate of drug-likeness (QED) is 0.751. The molecule has 0 saturated heterocycles. The number of nitrogens with one attached hydrogen (secondary N) is 2. The molecular weight excluding hydrogens is 310 g/mol. The Morgan fingerprint density at radius 2 is 1.74 bits per heavy atom. The smallest absolute Gasteiger partial charge is 0.238 e. The zero-order chi connectivity index (χ0) is 17.5. The number of hydrogen-bond donors (Lipinski definition) is 2. The van der Waals surface area contributed by atoms with Crippen LogP contribution in [0, 0.1) is 0 Å². The highest BCUT2D eigenvalue weighted by molar-refractivity contribution is 7.98. The molecule has 0 spiro atoms. The Hall–Kier alpha value is -1.53. The number of amides is 2. The molecule has 0 aromatic heterocycles. The van der Waals surface area contributed by atoms with Crippen molar-refractivity contribution in [2.24, 2.45) is 0 Å². The molecule has 0 aliphatic heterocycles. The predicted molar refractivity (Wildman–Crippen MR) is 96.9 cm³/mol. The molecule has 0 atom stereocenters. The minimum absolute atomic E-state index is 0.0725. The summed E-state index contributed by atoms with van der Waals surface area (Å²) >= 11 is 1.59. The van der Waals surface area contributed by atoms with Crippen LogP contribution in [0.15, 0.2) is 29.2 Å². The lowest BCUT2D eigenvalue weighted by atomic mass is 10.1. The molecule has 0 aliphatic rings. The maximum Gasteiger partial charge on any atom is 0.238 e.